The molecule has 0 aliphatic carbocycles. The van der Waals surface area contributed by atoms with E-state index in [1.54, 1.807) is 0 Å². The van der Waals surface area contributed by atoms with E-state index in [0.29, 0.717) is 19.3 Å². The van der Waals surface area contributed by atoms with Gasteiger partial charge in [-0.3, -0.25) is 19.3 Å². The number of esters is 1. The Balaban J connectivity index is 2.09. The number of aliphatic hydroxyl groups is 1. The summed E-state index contributed by atoms with van der Waals surface area (Å²) >= 11 is 0. The zero-order valence-electron chi connectivity index (χ0n) is 10.1. The fraction of sp³-hybridized carbons (Fsp3) is 0.583. The van der Waals surface area contributed by atoms with Gasteiger partial charge in [-0.15, -0.1) is 0 Å². The normalized spacial score (nSPS) is 14.4. The first kappa shape index (κ1) is 14.4. The number of unbranched alkanes of at least 4 members (excludes halogenated alkanes) is 2. The highest BCUT2D eigenvalue weighted by Crippen LogP contribution is 2.04. The number of aliphatic hydroxyl groups excluding tert-OH is 1. The average molecular weight is 255 g/mol. The summed E-state index contributed by atoms with van der Waals surface area (Å²) in [5.74, 6) is -1.10. The molecule has 0 fully saturated rings. The first-order valence-corrected chi connectivity index (χ1v) is 5.95. The van der Waals surface area contributed by atoms with Crippen molar-refractivity contribution in [3.63, 3.8) is 0 Å². The van der Waals surface area contributed by atoms with Crippen LogP contribution in [0.3, 0.4) is 0 Å². The predicted octanol–water partition coefficient (Wildman–Crippen LogP) is 0.00730. The molecule has 1 aliphatic rings. The summed E-state index contributed by atoms with van der Waals surface area (Å²) in [5.41, 5.74) is 0. The van der Waals surface area contributed by atoms with E-state index in [-0.39, 0.29) is 37.5 Å². The van der Waals surface area contributed by atoms with Crippen molar-refractivity contribution < 1.29 is 24.2 Å². The molecule has 2 amide bonds. The van der Waals surface area contributed by atoms with Crippen LogP contribution < -0.4 is 0 Å². The molecular weight excluding hydrogens is 238 g/mol. The summed E-state index contributed by atoms with van der Waals surface area (Å²) in [6, 6.07) is 0. The summed E-state index contributed by atoms with van der Waals surface area (Å²) in [6.45, 7) is 0.242. The van der Waals surface area contributed by atoms with Gasteiger partial charge in [-0.1, -0.05) is 6.42 Å². The monoisotopic (exact) mass is 255 g/mol. The van der Waals surface area contributed by atoms with E-state index in [2.05, 4.69) is 0 Å². The fourth-order valence-corrected chi connectivity index (χ4v) is 1.53. The van der Waals surface area contributed by atoms with Crippen LogP contribution in [0.2, 0.25) is 0 Å². The van der Waals surface area contributed by atoms with Crippen molar-refractivity contribution in [3.8, 4) is 0 Å². The number of nitrogens with zero attached hydrogens (tertiary/aromatic N) is 1. The van der Waals surface area contributed by atoms with Crippen molar-refractivity contribution in [2.24, 2.45) is 0 Å². The topological polar surface area (TPSA) is 83.9 Å². The third-order valence-electron chi connectivity index (χ3n) is 2.52. The Morgan fingerprint density at radius 3 is 2.44 bits per heavy atom. The van der Waals surface area contributed by atoms with Crippen LogP contribution in [0.5, 0.6) is 0 Å². The second-order valence-electron chi connectivity index (χ2n) is 3.92. The number of hydrogen-bond acceptors (Lipinski definition) is 5. The highest BCUT2D eigenvalue weighted by molar-refractivity contribution is 6.12. The van der Waals surface area contributed by atoms with E-state index < -0.39 is 0 Å². The highest BCUT2D eigenvalue weighted by atomic mass is 16.5. The van der Waals surface area contributed by atoms with Crippen molar-refractivity contribution in [2.45, 2.75) is 25.7 Å². The van der Waals surface area contributed by atoms with Crippen molar-refractivity contribution in [2.75, 3.05) is 19.8 Å². The SMILES string of the molecule is O=C(CCCCCO)OCCN1C(=O)C=CC1=O. The van der Waals surface area contributed by atoms with Crippen LogP contribution in [0.25, 0.3) is 0 Å². The molecule has 100 valence electrons. The second kappa shape index (κ2) is 7.60. The van der Waals surface area contributed by atoms with Crippen LogP contribution >= 0.6 is 0 Å². The lowest BCUT2D eigenvalue weighted by atomic mass is 10.2. The Kier molecular flexibility index (Phi) is 6.07. The maximum absolute atomic E-state index is 11.3. The number of imide groups is 1. The molecule has 1 N–H and O–H groups in total. The molecule has 6 nitrogen and oxygen atoms in total. The predicted molar refractivity (Wildman–Crippen MR) is 62.4 cm³/mol. The zero-order valence-corrected chi connectivity index (χ0v) is 10.1. The van der Waals surface area contributed by atoms with Crippen LogP contribution in [-0.4, -0.2) is 47.5 Å². The molecule has 0 saturated heterocycles. The summed E-state index contributed by atoms with van der Waals surface area (Å²) < 4.78 is 4.91. The summed E-state index contributed by atoms with van der Waals surface area (Å²) in [7, 11) is 0. The zero-order chi connectivity index (χ0) is 13.4. The lowest BCUT2D eigenvalue weighted by Gasteiger charge is -2.13. The molecule has 1 rings (SSSR count). The third-order valence-corrected chi connectivity index (χ3v) is 2.52. The number of ether oxygens (including phenoxy) is 1. The minimum Gasteiger partial charge on any atom is -0.464 e. The Morgan fingerprint density at radius 2 is 1.83 bits per heavy atom. The minimum absolute atomic E-state index is 0.0258. The standard InChI is InChI=1S/C12H17NO5/c14-8-3-1-2-4-12(17)18-9-7-13-10(15)5-6-11(13)16/h5-6,14H,1-4,7-9H2. The Labute approximate surface area is 105 Å². The van der Waals surface area contributed by atoms with E-state index in [0.717, 1.165) is 11.3 Å². The van der Waals surface area contributed by atoms with E-state index in [1.165, 1.54) is 12.2 Å². The van der Waals surface area contributed by atoms with Crippen molar-refractivity contribution in [1.82, 2.24) is 4.90 Å². The first-order chi connectivity index (χ1) is 8.65. The van der Waals surface area contributed by atoms with Crippen LogP contribution in [0, 0.1) is 0 Å². The van der Waals surface area contributed by atoms with Gasteiger partial charge in [0.25, 0.3) is 11.8 Å². The van der Waals surface area contributed by atoms with Crippen molar-refractivity contribution in [3.05, 3.63) is 12.2 Å². The smallest absolute Gasteiger partial charge is 0.305 e. The van der Waals surface area contributed by atoms with Crippen LogP contribution in [0.1, 0.15) is 25.7 Å². The Hall–Kier alpha value is -1.69. The molecular formula is C12H17NO5. The lowest BCUT2D eigenvalue weighted by molar-refractivity contribution is -0.147. The van der Waals surface area contributed by atoms with Gasteiger partial charge >= 0.3 is 5.97 Å². The molecule has 1 aliphatic heterocycles. The maximum Gasteiger partial charge on any atom is 0.305 e. The minimum atomic E-state index is -0.376. The van der Waals surface area contributed by atoms with Gasteiger partial charge in [0.05, 0.1) is 6.54 Å². The molecule has 6 heteroatoms. The first-order valence-electron chi connectivity index (χ1n) is 5.95. The van der Waals surface area contributed by atoms with Gasteiger partial charge in [-0.05, 0) is 12.8 Å². The molecule has 0 atom stereocenters. The molecule has 0 unspecified atom stereocenters. The number of carbonyl (C=O) groups excluding carboxylic acids is 3. The van der Waals surface area contributed by atoms with Crippen LogP contribution in [0.4, 0.5) is 0 Å². The number of carbonyl (C=O) groups is 3. The van der Waals surface area contributed by atoms with E-state index >= 15 is 0 Å². The van der Waals surface area contributed by atoms with Crippen LogP contribution in [0.15, 0.2) is 12.2 Å². The van der Waals surface area contributed by atoms with Gasteiger partial charge in [0, 0.05) is 25.2 Å². The van der Waals surface area contributed by atoms with Gasteiger partial charge in [0.15, 0.2) is 0 Å². The van der Waals surface area contributed by atoms with Gasteiger partial charge in [-0.25, -0.2) is 0 Å². The van der Waals surface area contributed by atoms with Gasteiger partial charge in [-0.2, -0.15) is 0 Å². The fourth-order valence-electron chi connectivity index (χ4n) is 1.53. The average Bonchev–Trinajstić information content (AvgIpc) is 2.66. The van der Waals surface area contributed by atoms with Gasteiger partial charge < -0.3 is 9.84 Å². The summed E-state index contributed by atoms with van der Waals surface area (Å²) in [4.78, 5) is 34.6. The lowest BCUT2D eigenvalue weighted by Crippen LogP contribution is -2.33. The van der Waals surface area contributed by atoms with Gasteiger partial charge in [0.1, 0.15) is 6.61 Å². The van der Waals surface area contributed by atoms with Crippen LogP contribution in [-0.2, 0) is 19.1 Å². The molecule has 18 heavy (non-hydrogen) atoms. The second-order valence-corrected chi connectivity index (χ2v) is 3.92. The van der Waals surface area contributed by atoms with Crippen molar-refractivity contribution in [1.29, 1.82) is 0 Å². The van der Waals surface area contributed by atoms with E-state index in [9.17, 15) is 14.4 Å². The number of rotatable bonds is 8. The van der Waals surface area contributed by atoms with E-state index in [1.807, 2.05) is 0 Å². The molecule has 0 radical (unpaired) electrons. The largest absolute Gasteiger partial charge is 0.464 e. The number of hydrogen-bond donors (Lipinski definition) is 1. The highest BCUT2D eigenvalue weighted by Gasteiger charge is 2.22. The Morgan fingerprint density at radius 1 is 1.17 bits per heavy atom. The summed E-state index contributed by atoms with van der Waals surface area (Å²) in [5, 5.41) is 8.55. The molecule has 0 spiro atoms. The Bertz CT molecular complexity index is 332. The number of amides is 2. The van der Waals surface area contributed by atoms with Crippen molar-refractivity contribution >= 4 is 17.8 Å². The molecule has 0 aromatic rings. The molecule has 0 aromatic carbocycles. The molecule has 0 saturated carbocycles. The molecule has 1 heterocycles. The molecule has 0 aromatic heterocycles. The summed E-state index contributed by atoms with van der Waals surface area (Å²) in [6.07, 6.45) is 4.80. The third kappa shape index (κ3) is 4.67. The quantitative estimate of drug-likeness (QED) is 0.375. The van der Waals surface area contributed by atoms with E-state index in [4.69, 9.17) is 9.84 Å². The van der Waals surface area contributed by atoms with Gasteiger partial charge in [0.2, 0.25) is 0 Å². The molecule has 0 bridgehead atoms. The maximum atomic E-state index is 11.3.